The third kappa shape index (κ3) is 5.08. The number of para-hydroxylation sites is 1. The van der Waals surface area contributed by atoms with Gasteiger partial charge in [-0.1, -0.05) is 18.2 Å². The lowest BCUT2D eigenvalue weighted by Crippen LogP contribution is -2.36. The third-order valence-electron chi connectivity index (χ3n) is 1.69. The minimum atomic E-state index is -0.349. The number of nitrogens with two attached hydrogens (primary N) is 1. The molecule has 0 atom stereocenters. The van der Waals surface area contributed by atoms with E-state index < -0.39 is 0 Å². The molecule has 16 heavy (non-hydrogen) atoms. The fourth-order valence-electron chi connectivity index (χ4n) is 0.978. The molecule has 1 aromatic rings. The van der Waals surface area contributed by atoms with E-state index in [9.17, 15) is 9.59 Å². The maximum Gasteiger partial charge on any atom is 0.243 e. The molecular formula is C10H15N3O3. The van der Waals surface area contributed by atoms with E-state index in [0.717, 1.165) is 0 Å². The fraction of sp³-hybridized carbons (Fsp3) is 0.200. The van der Waals surface area contributed by atoms with Crippen molar-refractivity contribution < 1.29 is 15.1 Å². The lowest BCUT2D eigenvalue weighted by Gasteiger charge is -2.05. The molecular weight excluding hydrogens is 210 g/mol. The Kier molecular flexibility index (Phi) is 6.50. The van der Waals surface area contributed by atoms with E-state index in [4.69, 9.17) is 5.73 Å². The zero-order chi connectivity index (χ0) is 11.1. The van der Waals surface area contributed by atoms with Gasteiger partial charge in [0, 0.05) is 5.69 Å². The Labute approximate surface area is 93.1 Å². The van der Waals surface area contributed by atoms with Gasteiger partial charge in [-0.05, 0) is 12.1 Å². The highest BCUT2D eigenvalue weighted by Crippen LogP contribution is 2.03. The molecule has 0 aliphatic carbocycles. The van der Waals surface area contributed by atoms with Crippen LogP contribution < -0.4 is 16.4 Å². The first kappa shape index (κ1) is 14.1. The molecule has 0 aliphatic heterocycles. The average molecular weight is 225 g/mol. The summed E-state index contributed by atoms with van der Waals surface area (Å²) in [5.41, 5.74) is 5.77. The van der Waals surface area contributed by atoms with Gasteiger partial charge in [0.25, 0.3) is 0 Å². The fourth-order valence-corrected chi connectivity index (χ4v) is 0.978. The maximum absolute atomic E-state index is 11.3. The normalized spacial score (nSPS) is 8.81. The Bertz CT molecular complexity index is 340. The van der Waals surface area contributed by atoms with E-state index in [1.165, 1.54) is 0 Å². The number of nitrogens with one attached hydrogen (secondary N) is 2. The second kappa shape index (κ2) is 7.38. The van der Waals surface area contributed by atoms with Gasteiger partial charge in [-0.3, -0.25) is 9.59 Å². The van der Waals surface area contributed by atoms with Crippen molar-refractivity contribution in [1.82, 2.24) is 5.32 Å². The van der Waals surface area contributed by atoms with Crippen LogP contribution in [0.15, 0.2) is 30.3 Å². The molecule has 6 N–H and O–H groups in total. The Hall–Kier alpha value is -1.92. The van der Waals surface area contributed by atoms with Gasteiger partial charge in [0.1, 0.15) is 0 Å². The Morgan fingerprint density at radius 2 is 1.75 bits per heavy atom. The van der Waals surface area contributed by atoms with Gasteiger partial charge in [-0.15, -0.1) is 0 Å². The van der Waals surface area contributed by atoms with Crippen molar-refractivity contribution in [2.75, 3.05) is 18.4 Å². The van der Waals surface area contributed by atoms with E-state index in [2.05, 4.69) is 10.6 Å². The summed E-state index contributed by atoms with van der Waals surface area (Å²) in [7, 11) is 0. The summed E-state index contributed by atoms with van der Waals surface area (Å²) in [5, 5.41) is 5.00. The van der Waals surface area contributed by atoms with Gasteiger partial charge >= 0.3 is 0 Å². The van der Waals surface area contributed by atoms with Crippen LogP contribution in [0.2, 0.25) is 0 Å². The minimum absolute atomic E-state index is 0. The summed E-state index contributed by atoms with van der Waals surface area (Å²) in [4.78, 5) is 22.0. The predicted molar refractivity (Wildman–Crippen MR) is 60.7 cm³/mol. The van der Waals surface area contributed by atoms with Crippen molar-refractivity contribution in [3.8, 4) is 0 Å². The summed E-state index contributed by atoms with van der Waals surface area (Å²) in [6.45, 7) is -0.177. The predicted octanol–water partition coefficient (Wildman–Crippen LogP) is -1.12. The van der Waals surface area contributed by atoms with Gasteiger partial charge in [0.15, 0.2) is 0 Å². The minimum Gasteiger partial charge on any atom is -0.412 e. The summed E-state index contributed by atoms with van der Waals surface area (Å²) in [6, 6.07) is 9.01. The van der Waals surface area contributed by atoms with Crippen LogP contribution >= 0.6 is 0 Å². The number of carbonyl (C=O) groups is 2. The number of hydrogen-bond acceptors (Lipinski definition) is 3. The molecule has 0 aromatic heterocycles. The molecule has 0 fully saturated rings. The molecule has 0 saturated heterocycles. The van der Waals surface area contributed by atoms with Crippen LogP contribution in [0.5, 0.6) is 0 Å². The number of benzene rings is 1. The molecule has 0 aliphatic rings. The molecule has 1 aromatic carbocycles. The van der Waals surface area contributed by atoms with Crippen LogP contribution in [0.4, 0.5) is 5.69 Å². The van der Waals surface area contributed by atoms with Crippen LogP contribution in [0, 0.1) is 0 Å². The molecule has 6 nitrogen and oxygen atoms in total. The summed E-state index contributed by atoms with van der Waals surface area (Å²) >= 11 is 0. The van der Waals surface area contributed by atoms with Crippen molar-refractivity contribution in [1.29, 1.82) is 0 Å². The molecule has 0 spiro atoms. The van der Waals surface area contributed by atoms with E-state index in [1.54, 1.807) is 12.1 Å². The van der Waals surface area contributed by atoms with Crippen molar-refractivity contribution in [3.05, 3.63) is 30.3 Å². The Morgan fingerprint density at radius 3 is 2.31 bits per heavy atom. The molecule has 0 heterocycles. The molecule has 2 amide bonds. The van der Waals surface area contributed by atoms with Gasteiger partial charge < -0.3 is 21.8 Å². The van der Waals surface area contributed by atoms with Gasteiger partial charge in [-0.2, -0.15) is 0 Å². The largest absolute Gasteiger partial charge is 0.412 e. The SMILES string of the molecule is NCC(=O)NCC(=O)Nc1ccccc1.O. The van der Waals surface area contributed by atoms with E-state index in [-0.39, 0.29) is 30.4 Å². The van der Waals surface area contributed by atoms with Crippen LogP contribution in [0.1, 0.15) is 0 Å². The summed E-state index contributed by atoms with van der Waals surface area (Å²) in [5.74, 6) is -0.624. The molecule has 0 unspecified atom stereocenters. The van der Waals surface area contributed by atoms with E-state index >= 15 is 0 Å². The standard InChI is InChI=1S/C10H13N3O2.H2O/c11-6-9(14)12-7-10(15)13-8-4-2-1-3-5-8;/h1-5H,6-7,11H2,(H,12,14)(H,13,15);1H2. The zero-order valence-corrected chi connectivity index (χ0v) is 8.69. The van der Waals surface area contributed by atoms with Crippen LogP contribution in [0.25, 0.3) is 0 Å². The summed E-state index contributed by atoms with van der Waals surface area (Å²) in [6.07, 6.45) is 0. The average Bonchev–Trinajstić information content (AvgIpc) is 2.27. The van der Waals surface area contributed by atoms with Gasteiger partial charge in [-0.25, -0.2) is 0 Å². The second-order valence-corrected chi connectivity index (χ2v) is 2.90. The second-order valence-electron chi connectivity index (χ2n) is 2.90. The lowest BCUT2D eigenvalue weighted by molar-refractivity contribution is -0.123. The number of carbonyl (C=O) groups excluding carboxylic acids is 2. The first-order chi connectivity index (χ1) is 7.22. The highest BCUT2D eigenvalue weighted by atomic mass is 16.2. The first-order valence-corrected chi connectivity index (χ1v) is 4.54. The highest BCUT2D eigenvalue weighted by molar-refractivity contribution is 5.94. The van der Waals surface area contributed by atoms with Crippen molar-refractivity contribution in [2.24, 2.45) is 5.73 Å². The number of anilines is 1. The lowest BCUT2D eigenvalue weighted by atomic mass is 10.3. The van der Waals surface area contributed by atoms with Crippen LogP contribution in [-0.4, -0.2) is 30.4 Å². The van der Waals surface area contributed by atoms with Gasteiger partial charge in [0.2, 0.25) is 11.8 Å². The van der Waals surface area contributed by atoms with Gasteiger partial charge in [0.05, 0.1) is 13.1 Å². The molecule has 0 bridgehead atoms. The zero-order valence-electron chi connectivity index (χ0n) is 8.69. The van der Waals surface area contributed by atoms with E-state index in [1.807, 2.05) is 18.2 Å². The monoisotopic (exact) mass is 225 g/mol. The van der Waals surface area contributed by atoms with Crippen molar-refractivity contribution >= 4 is 17.5 Å². The first-order valence-electron chi connectivity index (χ1n) is 4.54. The third-order valence-corrected chi connectivity index (χ3v) is 1.69. The topological polar surface area (TPSA) is 116 Å². The quantitative estimate of drug-likeness (QED) is 0.602. The Morgan fingerprint density at radius 1 is 1.12 bits per heavy atom. The molecule has 0 radical (unpaired) electrons. The molecule has 6 heteroatoms. The Balaban J connectivity index is 0.00000225. The number of hydrogen-bond donors (Lipinski definition) is 3. The van der Waals surface area contributed by atoms with Crippen LogP contribution in [-0.2, 0) is 9.59 Å². The molecule has 88 valence electrons. The van der Waals surface area contributed by atoms with Crippen molar-refractivity contribution in [3.63, 3.8) is 0 Å². The van der Waals surface area contributed by atoms with E-state index in [0.29, 0.717) is 5.69 Å². The van der Waals surface area contributed by atoms with Crippen LogP contribution in [0.3, 0.4) is 0 Å². The molecule has 1 rings (SSSR count). The number of amides is 2. The number of rotatable bonds is 4. The highest BCUT2D eigenvalue weighted by Gasteiger charge is 2.03. The summed E-state index contributed by atoms with van der Waals surface area (Å²) < 4.78 is 0. The maximum atomic E-state index is 11.3. The smallest absolute Gasteiger partial charge is 0.243 e. The van der Waals surface area contributed by atoms with Crippen molar-refractivity contribution in [2.45, 2.75) is 0 Å². The molecule has 0 saturated carbocycles.